The van der Waals surface area contributed by atoms with E-state index in [1.165, 1.54) is 10.8 Å². The Labute approximate surface area is 201 Å². The quantitative estimate of drug-likeness (QED) is 0.412. The van der Waals surface area contributed by atoms with Gasteiger partial charge in [0.25, 0.3) is 6.43 Å². The van der Waals surface area contributed by atoms with Crippen molar-refractivity contribution in [2.75, 3.05) is 13.1 Å². The van der Waals surface area contributed by atoms with E-state index in [4.69, 9.17) is 0 Å². The van der Waals surface area contributed by atoms with E-state index in [-0.39, 0.29) is 28.6 Å². The second kappa shape index (κ2) is 8.73. The summed E-state index contributed by atoms with van der Waals surface area (Å²) in [5.41, 5.74) is -2.50. The molecule has 0 bridgehead atoms. The molecule has 194 valence electrons. The van der Waals surface area contributed by atoms with Gasteiger partial charge in [0.1, 0.15) is 17.7 Å². The zero-order chi connectivity index (χ0) is 26.0. The summed E-state index contributed by atoms with van der Waals surface area (Å²) in [5, 5.41) is 2.17. The summed E-state index contributed by atoms with van der Waals surface area (Å²) in [5.74, 6) is -2.30. The molecule has 5 rings (SSSR count). The molecule has 1 aliphatic carbocycles. The SMILES string of the molecule is O=S(=O)(NC(c1cn(C2CNC2)c2cc(-c3ccc(F)cc3C(F)(F)F)c(F)cc12)C(F)F)C1CC1. The standard InChI is InChI=1S/C23H20F7N3O2S/c24-11-1-4-14(18(5-11)23(28,29)30)15-7-20-16(6-19(15)25)17(10-33(20)12-8-31-9-12)21(22(26)27)32-36(34,35)13-2-3-13/h1,4-7,10,12-13,21-22,31-32H,2-3,8-9H2. The highest BCUT2D eigenvalue weighted by Crippen LogP contribution is 2.42. The number of hydrogen-bond acceptors (Lipinski definition) is 3. The normalized spacial score (nSPS) is 18.1. The van der Waals surface area contributed by atoms with Crippen LogP contribution in [0, 0.1) is 11.6 Å². The fourth-order valence-corrected chi connectivity index (χ4v) is 5.94. The van der Waals surface area contributed by atoms with E-state index in [1.807, 2.05) is 4.72 Å². The molecule has 1 atom stereocenters. The monoisotopic (exact) mass is 535 g/mol. The summed E-state index contributed by atoms with van der Waals surface area (Å²) >= 11 is 0. The fourth-order valence-electron chi connectivity index (χ4n) is 4.41. The van der Waals surface area contributed by atoms with Gasteiger partial charge in [-0.15, -0.1) is 0 Å². The molecule has 36 heavy (non-hydrogen) atoms. The maximum atomic E-state index is 15.3. The minimum atomic E-state index is -4.98. The van der Waals surface area contributed by atoms with Crippen molar-refractivity contribution in [3.05, 3.63) is 59.3 Å². The molecule has 3 aromatic rings. The van der Waals surface area contributed by atoms with E-state index in [0.29, 0.717) is 25.9 Å². The van der Waals surface area contributed by atoms with E-state index < -0.39 is 62.2 Å². The lowest BCUT2D eigenvalue weighted by atomic mass is 9.96. The maximum absolute atomic E-state index is 15.3. The highest BCUT2D eigenvalue weighted by molar-refractivity contribution is 7.90. The van der Waals surface area contributed by atoms with Crippen LogP contribution in [0.3, 0.4) is 0 Å². The van der Waals surface area contributed by atoms with Crippen LogP contribution in [0.15, 0.2) is 36.5 Å². The Morgan fingerprint density at radius 1 is 1.03 bits per heavy atom. The molecule has 0 spiro atoms. The van der Waals surface area contributed by atoms with E-state index in [0.717, 1.165) is 24.3 Å². The van der Waals surface area contributed by atoms with Gasteiger partial charge in [0.05, 0.1) is 16.9 Å². The second-order valence-corrected chi connectivity index (χ2v) is 11.0. The Morgan fingerprint density at radius 2 is 1.72 bits per heavy atom. The van der Waals surface area contributed by atoms with Crippen LogP contribution in [-0.4, -0.2) is 37.7 Å². The summed E-state index contributed by atoms with van der Waals surface area (Å²) in [6, 6.07) is 1.53. The van der Waals surface area contributed by atoms with Crippen LogP contribution in [0.1, 0.15) is 36.1 Å². The van der Waals surface area contributed by atoms with Gasteiger partial charge in [0.15, 0.2) is 0 Å². The molecule has 2 N–H and O–H groups in total. The predicted molar refractivity (Wildman–Crippen MR) is 118 cm³/mol. The van der Waals surface area contributed by atoms with Crippen molar-refractivity contribution < 1.29 is 39.2 Å². The summed E-state index contributed by atoms with van der Waals surface area (Å²) in [4.78, 5) is 0. The van der Waals surface area contributed by atoms with Crippen molar-refractivity contribution in [1.29, 1.82) is 0 Å². The van der Waals surface area contributed by atoms with Gasteiger partial charge in [-0.25, -0.2) is 30.7 Å². The lowest BCUT2D eigenvalue weighted by Gasteiger charge is -2.29. The number of fused-ring (bicyclic) bond motifs is 1. The number of nitrogens with one attached hydrogen (secondary N) is 2. The molecule has 1 aromatic heterocycles. The highest BCUT2D eigenvalue weighted by Gasteiger charge is 2.41. The Kier molecular flexibility index (Phi) is 6.07. The number of benzene rings is 2. The Morgan fingerprint density at radius 3 is 2.28 bits per heavy atom. The topological polar surface area (TPSA) is 63.1 Å². The van der Waals surface area contributed by atoms with Crippen LogP contribution in [0.4, 0.5) is 30.7 Å². The third-order valence-electron chi connectivity index (χ3n) is 6.52. The molecular weight excluding hydrogens is 515 g/mol. The molecule has 1 saturated heterocycles. The van der Waals surface area contributed by atoms with Crippen molar-refractivity contribution in [2.45, 2.75) is 42.8 Å². The minimum Gasteiger partial charge on any atom is -0.341 e. The molecular formula is C23H20F7N3O2S. The van der Waals surface area contributed by atoms with Gasteiger partial charge in [-0.2, -0.15) is 13.2 Å². The molecule has 2 fully saturated rings. The van der Waals surface area contributed by atoms with Gasteiger partial charge in [-0.1, -0.05) is 6.07 Å². The average molecular weight is 535 g/mol. The average Bonchev–Trinajstić information content (AvgIpc) is 3.55. The van der Waals surface area contributed by atoms with Crippen LogP contribution in [0.5, 0.6) is 0 Å². The Hall–Kier alpha value is -2.64. The van der Waals surface area contributed by atoms with E-state index in [2.05, 4.69) is 5.32 Å². The number of nitrogens with zero attached hydrogens (tertiary/aromatic N) is 1. The zero-order valence-electron chi connectivity index (χ0n) is 18.4. The molecule has 2 aliphatic rings. The van der Waals surface area contributed by atoms with Crippen LogP contribution in [0.2, 0.25) is 0 Å². The van der Waals surface area contributed by atoms with Gasteiger partial charge < -0.3 is 9.88 Å². The highest BCUT2D eigenvalue weighted by atomic mass is 32.2. The lowest BCUT2D eigenvalue weighted by molar-refractivity contribution is -0.137. The number of hydrogen-bond donors (Lipinski definition) is 2. The Bertz CT molecular complexity index is 1430. The van der Waals surface area contributed by atoms with Gasteiger partial charge in [0, 0.05) is 41.3 Å². The molecule has 1 unspecified atom stereocenters. The second-order valence-electron chi connectivity index (χ2n) is 9.01. The number of halogens is 7. The first kappa shape index (κ1) is 25.0. The smallest absolute Gasteiger partial charge is 0.341 e. The fraction of sp³-hybridized carbons (Fsp3) is 0.391. The van der Waals surface area contributed by atoms with Crippen LogP contribution >= 0.6 is 0 Å². The molecule has 2 heterocycles. The molecule has 5 nitrogen and oxygen atoms in total. The van der Waals surface area contributed by atoms with Crippen molar-refractivity contribution >= 4 is 20.9 Å². The number of alkyl halides is 5. The van der Waals surface area contributed by atoms with Gasteiger partial charge in [-0.3, -0.25) is 0 Å². The van der Waals surface area contributed by atoms with Gasteiger partial charge in [-0.05, 0) is 42.7 Å². The van der Waals surface area contributed by atoms with Gasteiger partial charge >= 0.3 is 6.18 Å². The summed E-state index contributed by atoms with van der Waals surface area (Å²) in [7, 11) is -4.04. The first-order valence-electron chi connectivity index (χ1n) is 11.1. The third-order valence-corrected chi connectivity index (χ3v) is 8.46. The van der Waals surface area contributed by atoms with Crippen LogP contribution < -0.4 is 10.0 Å². The maximum Gasteiger partial charge on any atom is 0.417 e. The largest absolute Gasteiger partial charge is 0.417 e. The van der Waals surface area contributed by atoms with Crippen LogP contribution in [-0.2, 0) is 16.2 Å². The summed E-state index contributed by atoms with van der Waals surface area (Å²) in [6.45, 7) is 0.848. The van der Waals surface area contributed by atoms with Gasteiger partial charge in [0.2, 0.25) is 10.0 Å². The Balaban J connectivity index is 1.70. The molecule has 0 radical (unpaired) electrons. The van der Waals surface area contributed by atoms with Crippen molar-refractivity contribution in [1.82, 2.24) is 14.6 Å². The zero-order valence-corrected chi connectivity index (χ0v) is 19.2. The molecule has 13 heteroatoms. The summed E-state index contributed by atoms with van der Waals surface area (Å²) < 4.78 is 126. The first-order valence-corrected chi connectivity index (χ1v) is 12.6. The number of rotatable bonds is 7. The van der Waals surface area contributed by atoms with E-state index in [9.17, 15) is 34.8 Å². The minimum absolute atomic E-state index is 0.0531. The number of aromatic nitrogens is 1. The number of sulfonamides is 1. The molecule has 1 saturated carbocycles. The van der Waals surface area contributed by atoms with E-state index >= 15 is 4.39 Å². The van der Waals surface area contributed by atoms with E-state index in [1.54, 1.807) is 0 Å². The molecule has 0 amide bonds. The molecule has 2 aromatic carbocycles. The lowest BCUT2D eigenvalue weighted by Crippen LogP contribution is -2.43. The first-order chi connectivity index (χ1) is 16.9. The van der Waals surface area contributed by atoms with Crippen molar-refractivity contribution in [3.63, 3.8) is 0 Å². The summed E-state index contributed by atoms with van der Waals surface area (Å²) in [6.07, 6.45) is -6.17. The predicted octanol–water partition coefficient (Wildman–Crippen LogP) is 5.14. The van der Waals surface area contributed by atoms with Crippen molar-refractivity contribution in [2.24, 2.45) is 0 Å². The van der Waals surface area contributed by atoms with Crippen molar-refractivity contribution in [3.8, 4) is 11.1 Å². The molecule has 1 aliphatic heterocycles. The third kappa shape index (κ3) is 4.48. The van der Waals surface area contributed by atoms with Crippen LogP contribution in [0.25, 0.3) is 22.0 Å².